The van der Waals surface area contributed by atoms with E-state index >= 15 is 0 Å². The maximum atomic E-state index is 5.46. The van der Waals surface area contributed by atoms with Gasteiger partial charge in [-0.3, -0.25) is 0 Å². The number of rotatable bonds is 3. The first kappa shape index (κ1) is 15.1. The van der Waals surface area contributed by atoms with Crippen molar-refractivity contribution in [2.24, 2.45) is 0 Å². The number of hydrogen-bond acceptors (Lipinski definition) is 8. The molecule has 0 atom stereocenters. The molecule has 0 aromatic carbocycles. The second-order valence-corrected chi connectivity index (χ2v) is 5.86. The number of anilines is 3. The van der Waals surface area contributed by atoms with Gasteiger partial charge in [-0.25, -0.2) is 9.97 Å². The molecule has 0 aliphatic carbocycles. The highest BCUT2D eigenvalue weighted by Crippen LogP contribution is 2.28. The average Bonchev–Trinajstić information content (AvgIpc) is 2.69. The quantitative estimate of drug-likeness (QED) is 0.804. The normalized spacial score (nSPS) is 18.8. The van der Waals surface area contributed by atoms with E-state index in [0.29, 0.717) is 0 Å². The number of morpholine rings is 1. The van der Waals surface area contributed by atoms with Crippen LogP contribution in [0.5, 0.6) is 0 Å². The van der Waals surface area contributed by atoms with Gasteiger partial charge in [0.1, 0.15) is 0 Å². The Kier molecular flexibility index (Phi) is 4.37. The molecule has 0 unspecified atom stereocenters. The minimum absolute atomic E-state index is 0.765. The fourth-order valence-electron chi connectivity index (χ4n) is 3.17. The second-order valence-electron chi connectivity index (χ2n) is 5.86. The van der Waals surface area contributed by atoms with E-state index in [4.69, 9.17) is 4.74 Å². The van der Waals surface area contributed by atoms with Crippen molar-refractivity contribution in [2.75, 3.05) is 67.2 Å². The molecule has 2 aromatic rings. The molecule has 0 radical (unpaired) electrons. The van der Waals surface area contributed by atoms with Crippen LogP contribution >= 0.6 is 0 Å². The maximum absolute atomic E-state index is 5.46. The van der Waals surface area contributed by atoms with Crippen molar-refractivity contribution in [2.45, 2.75) is 0 Å². The summed E-state index contributed by atoms with van der Waals surface area (Å²) in [6.45, 7) is 6.85. The molecule has 2 aliphatic heterocycles. The predicted octanol–water partition coefficient (Wildman–Crippen LogP) is 0.430. The molecular formula is C16H21N7O. The van der Waals surface area contributed by atoms with E-state index in [-0.39, 0.29) is 0 Å². The minimum atomic E-state index is 0.765. The monoisotopic (exact) mass is 327 g/mol. The summed E-state index contributed by atoms with van der Waals surface area (Å²) in [5, 5.41) is 8.52. The van der Waals surface area contributed by atoms with Crippen LogP contribution in [0.15, 0.2) is 30.7 Å². The van der Waals surface area contributed by atoms with Crippen LogP contribution in [0.2, 0.25) is 0 Å². The Morgan fingerprint density at radius 3 is 2.25 bits per heavy atom. The molecule has 0 saturated carbocycles. The molecule has 2 fully saturated rings. The first-order valence-electron chi connectivity index (χ1n) is 8.33. The van der Waals surface area contributed by atoms with E-state index in [2.05, 4.69) is 40.9 Å². The lowest BCUT2D eigenvalue weighted by atomic mass is 10.2. The Hall–Kier alpha value is -2.48. The molecule has 0 spiro atoms. The number of aromatic nitrogens is 4. The number of nitrogens with zero attached hydrogens (tertiary/aromatic N) is 7. The van der Waals surface area contributed by atoms with Gasteiger partial charge in [-0.2, -0.15) is 5.10 Å². The summed E-state index contributed by atoms with van der Waals surface area (Å²) in [7, 11) is 0. The summed E-state index contributed by atoms with van der Waals surface area (Å²) >= 11 is 0. The first-order valence-corrected chi connectivity index (χ1v) is 8.33. The van der Waals surface area contributed by atoms with Crippen molar-refractivity contribution >= 4 is 17.5 Å². The largest absolute Gasteiger partial charge is 0.378 e. The molecule has 8 heteroatoms. The molecule has 4 heterocycles. The highest BCUT2D eigenvalue weighted by atomic mass is 16.5. The molecule has 0 amide bonds. The Morgan fingerprint density at radius 1 is 0.792 bits per heavy atom. The van der Waals surface area contributed by atoms with Crippen LogP contribution in [0, 0.1) is 0 Å². The van der Waals surface area contributed by atoms with Crippen LogP contribution in [-0.2, 0) is 4.74 Å². The third-order valence-corrected chi connectivity index (χ3v) is 4.45. The van der Waals surface area contributed by atoms with Crippen LogP contribution in [0.25, 0.3) is 0 Å². The van der Waals surface area contributed by atoms with E-state index in [1.807, 2.05) is 6.07 Å². The van der Waals surface area contributed by atoms with Gasteiger partial charge in [-0.1, -0.05) is 0 Å². The molecule has 2 saturated heterocycles. The Labute approximate surface area is 141 Å². The van der Waals surface area contributed by atoms with Crippen LogP contribution in [-0.4, -0.2) is 72.6 Å². The summed E-state index contributed by atoms with van der Waals surface area (Å²) in [4.78, 5) is 15.5. The first-order chi connectivity index (χ1) is 11.9. The zero-order valence-electron chi connectivity index (χ0n) is 13.6. The van der Waals surface area contributed by atoms with Gasteiger partial charge in [0.15, 0.2) is 5.82 Å². The van der Waals surface area contributed by atoms with E-state index in [9.17, 15) is 0 Å². The Morgan fingerprint density at radius 2 is 1.50 bits per heavy atom. The summed E-state index contributed by atoms with van der Waals surface area (Å²) in [5.41, 5.74) is 1.15. The highest BCUT2D eigenvalue weighted by molar-refractivity contribution is 5.67. The molecule has 0 bridgehead atoms. The summed E-state index contributed by atoms with van der Waals surface area (Å²) in [6, 6.07) is 3.90. The molecule has 2 aliphatic rings. The van der Waals surface area contributed by atoms with Gasteiger partial charge in [0.25, 0.3) is 0 Å². The van der Waals surface area contributed by atoms with Gasteiger partial charge in [-0.05, 0) is 12.1 Å². The van der Waals surface area contributed by atoms with Gasteiger partial charge >= 0.3 is 0 Å². The summed E-state index contributed by atoms with van der Waals surface area (Å²) < 4.78 is 5.46. The van der Waals surface area contributed by atoms with Gasteiger partial charge in [-0.15, -0.1) is 5.10 Å². The Bertz CT molecular complexity index is 654. The van der Waals surface area contributed by atoms with Gasteiger partial charge in [0, 0.05) is 51.7 Å². The summed E-state index contributed by atoms with van der Waals surface area (Å²) in [6.07, 6.45) is 5.34. The third-order valence-electron chi connectivity index (χ3n) is 4.45. The molecule has 0 N–H and O–H groups in total. The second kappa shape index (κ2) is 6.96. The number of ether oxygens (including phenoxy) is 1. The van der Waals surface area contributed by atoms with Crippen LogP contribution < -0.4 is 14.7 Å². The van der Waals surface area contributed by atoms with Crippen LogP contribution in [0.1, 0.15) is 0 Å². The minimum Gasteiger partial charge on any atom is -0.378 e. The fraction of sp³-hybridized carbons (Fsp3) is 0.500. The van der Waals surface area contributed by atoms with Crippen LogP contribution in [0.4, 0.5) is 17.5 Å². The van der Waals surface area contributed by atoms with Crippen molar-refractivity contribution in [1.29, 1.82) is 0 Å². The molecule has 8 nitrogen and oxygen atoms in total. The average molecular weight is 327 g/mol. The summed E-state index contributed by atoms with van der Waals surface area (Å²) in [5.74, 6) is 1.76. The van der Waals surface area contributed by atoms with Gasteiger partial charge in [0.05, 0.1) is 25.1 Å². The van der Waals surface area contributed by atoms with E-state index in [1.54, 1.807) is 18.6 Å². The topological polar surface area (TPSA) is 70.5 Å². The lowest BCUT2D eigenvalue weighted by Gasteiger charge is -2.37. The van der Waals surface area contributed by atoms with Gasteiger partial charge < -0.3 is 19.4 Å². The van der Waals surface area contributed by atoms with E-state index < -0.39 is 0 Å². The SMILES string of the molecule is c1cnc(N2CCN(c3nnccc3N3CCOCC3)CC2)nc1. The molecule has 2 aromatic heterocycles. The van der Waals surface area contributed by atoms with Gasteiger partial charge in [0.2, 0.25) is 5.95 Å². The van der Waals surface area contributed by atoms with Crippen molar-refractivity contribution in [3.05, 3.63) is 30.7 Å². The number of hydrogen-bond donors (Lipinski definition) is 0. The molecule has 24 heavy (non-hydrogen) atoms. The molecule has 126 valence electrons. The smallest absolute Gasteiger partial charge is 0.225 e. The fourth-order valence-corrected chi connectivity index (χ4v) is 3.17. The molecule has 4 rings (SSSR count). The van der Waals surface area contributed by atoms with Crippen molar-refractivity contribution in [3.63, 3.8) is 0 Å². The lowest BCUT2D eigenvalue weighted by molar-refractivity contribution is 0.122. The zero-order chi connectivity index (χ0) is 16.2. The standard InChI is InChI=1S/C16H21N7O/c1-3-17-16(18-4-1)23-8-6-22(7-9-23)15-14(2-5-19-20-15)21-10-12-24-13-11-21/h1-5H,6-13H2. The maximum Gasteiger partial charge on any atom is 0.225 e. The number of piperazine rings is 1. The van der Waals surface area contributed by atoms with E-state index in [0.717, 1.165) is 69.9 Å². The zero-order valence-corrected chi connectivity index (χ0v) is 13.6. The predicted molar refractivity (Wildman–Crippen MR) is 91.5 cm³/mol. The highest BCUT2D eigenvalue weighted by Gasteiger charge is 2.24. The van der Waals surface area contributed by atoms with Crippen molar-refractivity contribution < 1.29 is 4.74 Å². The molecular weight excluding hydrogens is 306 g/mol. The van der Waals surface area contributed by atoms with E-state index in [1.165, 1.54) is 0 Å². The van der Waals surface area contributed by atoms with Crippen LogP contribution in [0.3, 0.4) is 0 Å². The lowest BCUT2D eigenvalue weighted by Crippen LogP contribution is -2.48. The van der Waals surface area contributed by atoms with Crippen molar-refractivity contribution in [3.8, 4) is 0 Å². The third kappa shape index (κ3) is 3.09. The van der Waals surface area contributed by atoms with Crippen molar-refractivity contribution in [1.82, 2.24) is 20.2 Å². The Balaban J connectivity index is 1.48.